The Morgan fingerprint density at radius 3 is 2.51 bits per heavy atom. The summed E-state index contributed by atoms with van der Waals surface area (Å²) in [5.41, 5.74) is 1.46. The fourth-order valence-corrected chi connectivity index (χ4v) is 5.87. The number of fused-ring (bicyclic) bond motifs is 1. The average Bonchev–Trinajstić information content (AvgIpc) is 3.46. The maximum atomic E-state index is 14.3. The van der Waals surface area contributed by atoms with Crippen LogP contribution in [0.5, 0.6) is 0 Å². The normalized spacial score (nSPS) is 19.7. The number of halogens is 3. The van der Waals surface area contributed by atoms with Gasteiger partial charge in [-0.15, -0.1) is 10.2 Å². The van der Waals surface area contributed by atoms with Crippen LogP contribution in [-0.2, 0) is 26.3 Å². The average molecular weight is 541 g/mol. The van der Waals surface area contributed by atoms with E-state index in [1.165, 1.54) is 11.0 Å². The van der Waals surface area contributed by atoms with Gasteiger partial charge in [-0.25, -0.2) is 0 Å². The number of benzene rings is 2. The first-order valence-corrected chi connectivity index (χ1v) is 13.3. The zero-order chi connectivity index (χ0) is 28.1. The van der Waals surface area contributed by atoms with Crippen molar-refractivity contribution in [3.8, 4) is 0 Å². The second-order valence-electron chi connectivity index (χ2n) is 11.2. The number of hydrogen-bond acceptors (Lipinski definition) is 5. The number of carbonyl (C=O) groups is 1. The quantitative estimate of drug-likeness (QED) is 0.445. The van der Waals surface area contributed by atoms with Crippen LogP contribution in [-0.4, -0.2) is 63.2 Å². The van der Waals surface area contributed by atoms with Gasteiger partial charge >= 0.3 is 6.18 Å². The molecule has 1 saturated heterocycles. The Morgan fingerprint density at radius 2 is 1.85 bits per heavy atom. The Bertz CT molecular complexity index is 1370. The van der Waals surface area contributed by atoms with Crippen molar-refractivity contribution < 1.29 is 18.0 Å². The van der Waals surface area contributed by atoms with Crippen LogP contribution in [0.4, 0.5) is 18.9 Å². The predicted molar refractivity (Wildman–Crippen MR) is 143 cm³/mol. The lowest BCUT2D eigenvalue weighted by Gasteiger charge is -2.42. The fraction of sp³-hybridized carbons (Fsp3) is 0.483. The number of aryl methyl sites for hydroxylation is 1. The molecule has 1 amide bonds. The van der Waals surface area contributed by atoms with Crippen LogP contribution in [0.3, 0.4) is 0 Å². The molecule has 0 saturated carbocycles. The molecule has 5 rings (SSSR count). The summed E-state index contributed by atoms with van der Waals surface area (Å²) in [5, 5.41) is 8.13. The Kier molecular flexibility index (Phi) is 7.28. The van der Waals surface area contributed by atoms with E-state index in [-0.39, 0.29) is 29.6 Å². The summed E-state index contributed by atoms with van der Waals surface area (Å²) in [6, 6.07) is 10.5. The van der Waals surface area contributed by atoms with Crippen LogP contribution in [0, 0.1) is 5.92 Å². The van der Waals surface area contributed by atoms with Crippen molar-refractivity contribution in [2.45, 2.75) is 52.0 Å². The first kappa shape index (κ1) is 27.3. The molecule has 0 bridgehead atoms. The summed E-state index contributed by atoms with van der Waals surface area (Å²) in [5.74, 6) is 0.611. The van der Waals surface area contributed by atoms with E-state index in [2.05, 4.69) is 40.9 Å². The lowest BCUT2D eigenvalue weighted by atomic mass is 9.96. The third kappa shape index (κ3) is 5.32. The summed E-state index contributed by atoms with van der Waals surface area (Å²) in [6.07, 6.45) is -2.93. The highest BCUT2D eigenvalue weighted by Gasteiger charge is 2.41. The third-order valence-electron chi connectivity index (χ3n) is 8.11. The van der Waals surface area contributed by atoms with Gasteiger partial charge in [-0.05, 0) is 53.9 Å². The number of rotatable bonds is 6. The molecule has 2 atom stereocenters. The number of carbonyl (C=O) groups excluding carboxylic acids is 1. The van der Waals surface area contributed by atoms with Gasteiger partial charge in [0.1, 0.15) is 12.2 Å². The molecule has 0 aliphatic carbocycles. The highest BCUT2D eigenvalue weighted by Crippen LogP contribution is 2.40. The first-order chi connectivity index (χ1) is 18.4. The largest absolute Gasteiger partial charge is 0.416 e. The van der Waals surface area contributed by atoms with Crippen molar-refractivity contribution >= 4 is 11.6 Å². The maximum absolute atomic E-state index is 14.3. The number of nitrogens with zero attached hydrogens (tertiary/aromatic N) is 6. The Hall–Kier alpha value is -3.24. The second-order valence-corrected chi connectivity index (χ2v) is 11.2. The number of amides is 1. The Morgan fingerprint density at radius 1 is 1.08 bits per heavy atom. The smallest absolute Gasteiger partial charge is 0.320 e. The van der Waals surface area contributed by atoms with Crippen molar-refractivity contribution in [3.05, 3.63) is 76.4 Å². The van der Waals surface area contributed by atoms with Gasteiger partial charge < -0.3 is 14.4 Å². The summed E-state index contributed by atoms with van der Waals surface area (Å²) < 4.78 is 44.8. The van der Waals surface area contributed by atoms with E-state index in [1.807, 2.05) is 36.7 Å². The lowest BCUT2D eigenvalue weighted by molar-refractivity contribution is -0.138. The minimum Gasteiger partial charge on any atom is -0.320 e. The maximum Gasteiger partial charge on any atom is 0.416 e. The lowest BCUT2D eigenvalue weighted by Crippen LogP contribution is -2.53. The first-order valence-electron chi connectivity index (χ1n) is 13.3. The van der Waals surface area contributed by atoms with Gasteiger partial charge in [-0.1, -0.05) is 32.9 Å². The summed E-state index contributed by atoms with van der Waals surface area (Å²) in [4.78, 5) is 19.6. The number of aromatic nitrogens is 3. The van der Waals surface area contributed by atoms with Crippen LogP contribution in [0.2, 0.25) is 0 Å². The summed E-state index contributed by atoms with van der Waals surface area (Å²) in [7, 11) is 3.93. The third-order valence-corrected chi connectivity index (χ3v) is 8.11. The number of anilines is 1. The van der Waals surface area contributed by atoms with E-state index in [0.29, 0.717) is 23.7 Å². The molecule has 1 aromatic heterocycles. The van der Waals surface area contributed by atoms with E-state index in [0.717, 1.165) is 31.0 Å². The number of alkyl halides is 3. The van der Waals surface area contributed by atoms with Gasteiger partial charge in [-0.2, -0.15) is 13.2 Å². The van der Waals surface area contributed by atoms with Crippen LogP contribution < -0.4 is 4.90 Å². The van der Waals surface area contributed by atoms with Gasteiger partial charge in [0.25, 0.3) is 5.91 Å². The zero-order valence-electron chi connectivity index (χ0n) is 23.0. The summed E-state index contributed by atoms with van der Waals surface area (Å²) >= 11 is 0. The van der Waals surface area contributed by atoms with E-state index >= 15 is 0 Å². The summed E-state index contributed by atoms with van der Waals surface area (Å²) in [6.45, 7) is 9.03. The monoisotopic (exact) mass is 540 g/mol. The highest BCUT2D eigenvalue weighted by atomic mass is 19.4. The zero-order valence-corrected chi connectivity index (χ0v) is 23.0. The Labute approximate surface area is 227 Å². The molecule has 2 aliphatic heterocycles. The van der Waals surface area contributed by atoms with Crippen LogP contribution in [0.15, 0.2) is 42.7 Å². The molecule has 39 heavy (non-hydrogen) atoms. The molecule has 3 heterocycles. The second kappa shape index (κ2) is 10.4. The van der Waals surface area contributed by atoms with Crippen LogP contribution >= 0.6 is 0 Å². The highest BCUT2D eigenvalue weighted by molar-refractivity contribution is 6.10. The molecule has 10 heteroatoms. The minimum absolute atomic E-state index is 0.0433. The SMILES string of the molecule is CC(C)[C@H]1CN(C)CCN1Cc1cc2c(c(C(F)(F)F)c1)CN(c1cccc([C@@H](C)c3nncn3C)c1)C2=O. The molecule has 0 spiro atoms. The molecule has 0 N–H and O–H groups in total. The van der Waals surface area contributed by atoms with Gasteiger partial charge in [0.15, 0.2) is 0 Å². The number of piperazine rings is 1. The molecule has 2 aliphatic rings. The van der Waals surface area contributed by atoms with Gasteiger partial charge in [0, 0.05) is 56.4 Å². The molecule has 0 unspecified atom stereocenters. The van der Waals surface area contributed by atoms with Crippen molar-refractivity contribution in [2.24, 2.45) is 13.0 Å². The molecule has 0 radical (unpaired) electrons. The van der Waals surface area contributed by atoms with Crippen LogP contribution in [0.1, 0.15) is 65.1 Å². The van der Waals surface area contributed by atoms with Crippen molar-refractivity contribution in [1.29, 1.82) is 0 Å². The standard InChI is InChI=1S/C29H35F3N6O/c1-18(2)26-16-35(4)9-10-37(26)14-20-11-23-24(25(12-20)29(30,31)32)15-38(28(23)39)22-8-6-7-21(13-22)19(3)27-34-33-17-36(27)5/h6-8,11-13,17-19,26H,9-10,14-16H2,1-5H3/t19-,26-/m1/s1. The number of likely N-dealkylation sites (N-methyl/N-ethyl adjacent to an activating group) is 1. The molecule has 208 valence electrons. The van der Waals surface area contributed by atoms with Crippen molar-refractivity contribution in [3.63, 3.8) is 0 Å². The molecular formula is C29H35F3N6O. The van der Waals surface area contributed by atoms with Gasteiger partial charge in [0.05, 0.1) is 12.1 Å². The van der Waals surface area contributed by atoms with E-state index in [1.54, 1.807) is 18.5 Å². The van der Waals surface area contributed by atoms with Crippen molar-refractivity contribution in [1.82, 2.24) is 24.6 Å². The van der Waals surface area contributed by atoms with Gasteiger partial charge in [-0.3, -0.25) is 9.69 Å². The van der Waals surface area contributed by atoms with E-state index < -0.39 is 17.6 Å². The fourth-order valence-electron chi connectivity index (χ4n) is 5.87. The predicted octanol–water partition coefficient (Wildman–Crippen LogP) is 4.92. The minimum atomic E-state index is -4.56. The van der Waals surface area contributed by atoms with E-state index in [9.17, 15) is 18.0 Å². The molecule has 2 aromatic carbocycles. The Balaban J connectivity index is 1.47. The topological polar surface area (TPSA) is 57.5 Å². The molecule has 3 aromatic rings. The molecule has 7 nitrogen and oxygen atoms in total. The number of hydrogen-bond donors (Lipinski definition) is 0. The molecular weight excluding hydrogens is 505 g/mol. The van der Waals surface area contributed by atoms with Gasteiger partial charge in [0.2, 0.25) is 0 Å². The molecule has 1 fully saturated rings. The van der Waals surface area contributed by atoms with Crippen LogP contribution in [0.25, 0.3) is 0 Å². The van der Waals surface area contributed by atoms with E-state index in [4.69, 9.17) is 0 Å². The van der Waals surface area contributed by atoms with Crippen molar-refractivity contribution in [2.75, 3.05) is 31.6 Å².